The van der Waals surface area contributed by atoms with Gasteiger partial charge in [0.1, 0.15) is 11.6 Å². The maximum absolute atomic E-state index is 13.6. The fourth-order valence-electron chi connectivity index (χ4n) is 2.58. The van der Waals surface area contributed by atoms with E-state index in [1.807, 2.05) is 0 Å². The summed E-state index contributed by atoms with van der Waals surface area (Å²) in [7, 11) is 0. The lowest BCUT2D eigenvalue weighted by Gasteiger charge is -2.62. The van der Waals surface area contributed by atoms with Crippen LogP contribution in [-0.4, -0.2) is 28.6 Å². The largest absolute Gasteiger partial charge is 0.387 e. The average molecular weight is 269 g/mol. The van der Waals surface area contributed by atoms with E-state index in [2.05, 4.69) is 32.6 Å². The first-order valence-electron chi connectivity index (χ1n) is 6.53. The van der Waals surface area contributed by atoms with Crippen LogP contribution in [0.3, 0.4) is 0 Å². The highest BCUT2D eigenvalue weighted by molar-refractivity contribution is 5.22. The van der Waals surface area contributed by atoms with Crippen LogP contribution in [-0.2, 0) is 0 Å². The monoisotopic (exact) mass is 269 g/mol. The molecular weight excluding hydrogens is 248 g/mol. The molecule has 0 aliphatic carbocycles. The van der Waals surface area contributed by atoms with E-state index >= 15 is 0 Å². The van der Waals surface area contributed by atoms with Gasteiger partial charge in [-0.15, -0.1) is 0 Å². The van der Waals surface area contributed by atoms with Gasteiger partial charge in [-0.05, 0) is 25.3 Å². The van der Waals surface area contributed by atoms with Gasteiger partial charge in [-0.1, -0.05) is 19.9 Å². The zero-order chi connectivity index (χ0) is 14.4. The summed E-state index contributed by atoms with van der Waals surface area (Å²) in [5.41, 5.74) is 0.292. The van der Waals surface area contributed by atoms with Gasteiger partial charge in [0.05, 0.1) is 6.10 Å². The standard InChI is InChI=1S/C15H21F2NO/c1-14(2)9-18(15(14,3)4)8-13(19)11-6-5-10(16)7-12(11)17/h5-7,13,19H,8-9H2,1-4H3. The van der Waals surface area contributed by atoms with E-state index in [-0.39, 0.29) is 16.5 Å². The average Bonchev–Trinajstić information content (AvgIpc) is 2.27. The van der Waals surface area contributed by atoms with Gasteiger partial charge in [-0.2, -0.15) is 0 Å². The van der Waals surface area contributed by atoms with Crippen LogP contribution in [0, 0.1) is 17.0 Å². The van der Waals surface area contributed by atoms with Crippen LogP contribution < -0.4 is 0 Å². The normalized spacial score (nSPS) is 22.9. The van der Waals surface area contributed by atoms with Crippen LogP contribution in [0.25, 0.3) is 0 Å². The van der Waals surface area contributed by atoms with Crippen LogP contribution in [0.4, 0.5) is 8.78 Å². The van der Waals surface area contributed by atoms with Crippen molar-refractivity contribution in [3.8, 4) is 0 Å². The molecule has 0 radical (unpaired) electrons. The van der Waals surface area contributed by atoms with Gasteiger partial charge in [-0.3, -0.25) is 4.90 Å². The fraction of sp³-hybridized carbons (Fsp3) is 0.600. The van der Waals surface area contributed by atoms with Crippen LogP contribution in [0.5, 0.6) is 0 Å². The molecule has 0 bridgehead atoms. The number of rotatable bonds is 3. The molecule has 19 heavy (non-hydrogen) atoms. The smallest absolute Gasteiger partial charge is 0.131 e. The van der Waals surface area contributed by atoms with Crippen molar-refractivity contribution >= 4 is 0 Å². The number of aliphatic hydroxyl groups is 1. The van der Waals surface area contributed by atoms with Gasteiger partial charge in [0, 0.05) is 30.3 Å². The van der Waals surface area contributed by atoms with E-state index in [1.54, 1.807) is 0 Å². The molecule has 4 heteroatoms. The highest BCUT2D eigenvalue weighted by atomic mass is 19.1. The number of benzene rings is 1. The van der Waals surface area contributed by atoms with Gasteiger partial charge >= 0.3 is 0 Å². The first-order valence-corrected chi connectivity index (χ1v) is 6.53. The van der Waals surface area contributed by atoms with Crippen molar-refractivity contribution in [2.75, 3.05) is 13.1 Å². The maximum atomic E-state index is 13.6. The third kappa shape index (κ3) is 2.39. The molecule has 1 saturated heterocycles. The van der Waals surface area contributed by atoms with Crippen LogP contribution in [0.15, 0.2) is 18.2 Å². The van der Waals surface area contributed by atoms with E-state index in [1.165, 1.54) is 12.1 Å². The van der Waals surface area contributed by atoms with Gasteiger partial charge < -0.3 is 5.11 Å². The molecule has 1 fully saturated rings. The van der Waals surface area contributed by atoms with Gasteiger partial charge in [-0.25, -0.2) is 8.78 Å². The Bertz CT molecular complexity index is 485. The summed E-state index contributed by atoms with van der Waals surface area (Å²) in [6, 6.07) is 3.30. The third-order valence-electron chi connectivity index (χ3n) is 4.75. The molecule has 1 aliphatic heterocycles. The number of aliphatic hydroxyl groups excluding tert-OH is 1. The number of hydrogen-bond donors (Lipinski definition) is 1. The number of nitrogens with zero attached hydrogens (tertiary/aromatic N) is 1. The number of β-amino-alcohol motifs (C(OH)–C–C–N with tert-alkyl or cyclic N) is 1. The Labute approximate surface area is 113 Å². The Morgan fingerprint density at radius 2 is 1.89 bits per heavy atom. The minimum atomic E-state index is -0.934. The van der Waals surface area contributed by atoms with E-state index in [0.717, 1.165) is 12.6 Å². The lowest BCUT2D eigenvalue weighted by molar-refractivity contribution is -0.131. The Kier molecular flexibility index (Phi) is 3.43. The van der Waals surface area contributed by atoms with Crippen molar-refractivity contribution < 1.29 is 13.9 Å². The van der Waals surface area contributed by atoms with Crippen molar-refractivity contribution in [1.82, 2.24) is 4.90 Å². The Morgan fingerprint density at radius 3 is 2.37 bits per heavy atom. The second-order valence-electron chi connectivity index (χ2n) is 6.51. The molecule has 1 aliphatic rings. The highest BCUT2D eigenvalue weighted by Crippen LogP contribution is 2.46. The lowest BCUT2D eigenvalue weighted by Crippen LogP contribution is -2.69. The van der Waals surface area contributed by atoms with E-state index in [0.29, 0.717) is 6.54 Å². The summed E-state index contributed by atoms with van der Waals surface area (Å²) >= 11 is 0. The van der Waals surface area contributed by atoms with Gasteiger partial charge in [0.25, 0.3) is 0 Å². The number of likely N-dealkylation sites (tertiary alicyclic amines) is 1. The Hall–Kier alpha value is -1.00. The van der Waals surface area contributed by atoms with Crippen molar-refractivity contribution in [2.24, 2.45) is 5.41 Å². The highest BCUT2D eigenvalue weighted by Gasteiger charge is 2.52. The molecule has 2 rings (SSSR count). The van der Waals surface area contributed by atoms with E-state index in [4.69, 9.17) is 0 Å². The third-order valence-corrected chi connectivity index (χ3v) is 4.75. The predicted molar refractivity (Wildman–Crippen MR) is 70.8 cm³/mol. The summed E-state index contributed by atoms with van der Waals surface area (Å²) in [5.74, 6) is -1.32. The minimum absolute atomic E-state index is 0.0372. The predicted octanol–water partition coefficient (Wildman–Crippen LogP) is 3.12. The van der Waals surface area contributed by atoms with Crippen LogP contribution in [0.2, 0.25) is 0 Å². The fourth-order valence-corrected chi connectivity index (χ4v) is 2.58. The number of halogens is 2. The zero-order valence-electron chi connectivity index (χ0n) is 11.9. The second kappa shape index (κ2) is 4.53. The Morgan fingerprint density at radius 1 is 1.26 bits per heavy atom. The SMILES string of the molecule is CC1(C)CN(CC(O)c2ccc(F)cc2F)C1(C)C. The summed E-state index contributed by atoms with van der Waals surface area (Å²) in [4.78, 5) is 2.13. The molecule has 1 aromatic rings. The van der Waals surface area contributed by atoms with Crippen molar-refractivity contribution in [3.05, 3.63) is 35.4 Å². The number of hydrogen-bond acceptors (Lipinski definition) is 2. The lowest BCUT2D eigenvalue weighted by atomic mass is 9.65. The minimum Gasteiger partial charge on any atom is -0.387 e. The quantitative estimate of drug-likeness (QED) is 0.911. The molecule has 0 amide bonds. The summed E-state index contributed by atoms with van der Waals surface area (Å²) in [6.07, 6.45) is -0.934. The molecule has 1 heterocycles. The van der Waals surface area contributed by atoms with E-state index in [9.17, 15) is 13.9 Å². The van der Waals surface area contributed by atoms with Crippen molar-refractivity contribution in [1.29, 1.82) is 0 Å². The molecule has 0 aromatic heterocycles. The molecular formula is C15H21F2NO. The molecule has 106 valence electrons. The summed E-state index contributed by atoms with van der Waals surface area (Å²) < 4.78 is 26.4. The second-order valence-corrected chi connectivity index (χ2v) is 6.51. The first-order chi connectivity index (χ1) is 8.65. The summed E-state index contributed by atoms with van der Waals surface area (Å²) in [6.45, 7) is 9.80. The van der Waals surface area contributed by atoms with E-state index < -0.39 is 17.7 Å². The first kappa shape index (κ1) is 14.4. The van der Waals surface area contributed by atoms with Crippen LogP contribution in [0.1, 0.15) is 39.4 Å². The molecule has 2 nitrogen and oxygen atoms in total. The molecule has 1 atom stereocenters. The molecule has 1 unspecified atom stereocenters. The maximum Gasteiger partial charge on any atom is 0.131 e. The molecule has 0 saturated carbocycles. The van der Waals surface area contributed by atoms with Crippen LogP contribution >= 0.6 is 0 Å². The zero-order valence-corrected chi connectivity index (χ0v) is 11.9. The summed E-state index contributed by atoms with van der Waals surface area (Å²) in [5, 5.41) is 10.1. The molecule has 1 aromatic carbocycles. The van der Waals surface area contributed by atoms with Gasteiger partial charge in [0.2, 0.25) is 0 Å². The molecule has 1 N–H and O–H groups in total. The Balaban J connectivity index is 2.09. The van der Waals surface area contributed by atoms with Crippen molar-refractivity contribution in [2.45, 2.75) is 39.3 Å². The topological polar surface area (TPSA) is 23.5 Å². The van der Waals surface area contributed by atoms with Crippen molar-refractivity contribution in [3.63, 3.8) is 0 Å². The molecule has 0 spiro atoms. The van der Waals surface area contributed by atoms with Gasteiger partial charge in [0.15, 0.2) is 0 Å².